The summed E-state index contributed by atoms with van der Waals surface area (Å²) in [6.07, 6.45) is 0. The van der Waals surface area contributed by atoms with Gasteiger partial charge >= 0.3 is 0 Å². The Morgan fingerprint density at radius 3 is 2.59 bits per heavy atom. The number of rotatable bonds is 5. The van der Waals surface area contributed by atoms with Crippen molar-refractivity contribution >= 4 is 11.6 Å². The summed E-state index contributed by atoms with van der Waals surface area (Å²) in [7, 11) is 0. The summed E-state index contributed by atoms with van der Waals surface area (Å²) in [5.74, 6) is 1.78. The summed E-state index contributed by atoms with van der Waals surface area (Å²) in [5.41, 5.74) is 3.46. The molecule has 0 bridgehead atoms. The number of aryl methyl sites for hydroxylation is 1. The van der Waals surface area contributed by atoms with E-state index in [1.807, 2.05) is 48.5 Å². The van der Waals surface area contributed by atoms with Crippen molar-refractivity contribution in [1.82, 2.24) is 5.32 Å². The van der Waals surface area contributed by atoms with E-state index < -0.39 is 0 Å². The lowest BCUT2D eigenvalue weighted by Crippen LogP contribution is -2.11. The molecule has 0 fully saturated rings. The van der Waals surface area contributed by atoms with Gasteiger partial charge in [0.05, 0.1) is 6.54 Å². The maximum atomic E-state index is 6.07. The minimum atomic E-state index is 0.703. The third-order valence-corrected chi connectivity index (χ3v) is 3.83. The van der Waals surface area contributed by atoms with Crippen LogP contribution in [0.3, 0.4) is 0 Å². The highest BCUT2D eigenvalue weighted by Crippen LogP contribution is 2.28. The molecule has 3 rings (SSSR count). The van der Waals surface area contributed by atoms with E-state index in [0.717, 1.165) is 34.2 Å². The fraction of sp³-hybridized carbons (Fsp3) is 0.158. The van der Waals surface area contributed by atoms with E-state index in [9.17, 15) is 0 Å². The van der Waals surface area contributed by atoms with Crippen LogP contribution in [0.15, 0.2) is 65.1 Å². The van der Waals surface area contributed by atoms with E-state index in [2.05, 4.69) is 24.4 Å². The number of benzene rings is 2. The molecular formula is C19H18ClNO. The molecular weight excluding hydrogens is 294 g/mol. The van der Waals surface area contributed by atoms with Crippen molar-refractivity contribution in [1.29, 1.82) is 0 Å². The average Bonchev–Trinajstić information content (AvgIpc) is 2.99. The third kappa shape index (κ3) is 3.59. The Balaban J connectivity index is 1.65. The summed E-state index contributed by atoms with van der Waals surface area (Å²) < 4.78 is 5.92. The van der Waals surface area contributed by atoms with Crippen molar-refractivity contribution in [2.24, 2.45) is 0 Å². The Bertz CT molecular complexity index is 749. The Hall–Kier alpha value is -2.03. The first-order valence-corrected chi connectivity index (χ1v) is 7.70. The Morgan fingerprint density at radius 1 is 0.955 bits per heavy atom. The monoisotopic (exact) mass is 311 g/mol. The second kappa shape index (κ2) is 6.82. The van der Waals surface area contributed by atoms with Crippen molar-refractivity contribution < 1.29 is 4.42 Å². The van der Waals surface area contributed by atoms with E-state index in [1.165, 1.54) is 5.56 Å². The fourth-order valence-corrected chi connectivity index (χ4v) is 2.58. The minimum absolute atomic E-state index is 0.703. The molecule has 0 amide bonds. The maximum Gasteiger partial charge on any atom is 0.134 e. The molecule has 1 heterocycles. The first-order valence-electron chi connectivity index (χ1n) is 7.32. The number of nitrogens with one attached hydrogen (secondary N) is 1. The lowest BCUT2D eigenvalue weighted by molar-refractivity contribution is 0.493. The van der Waals surface area contributed by atoms with Gasteiger partial charge < -0.3 is 9.73 Å². The predicted molar refractivity (Wildman–Crippen MR) is 90.9 cm³/mol. The first kappa shape index (κ1) is 14.9. The average molecular weight is 312 g/mol. The van der Waals surface area contributed by atoms with Crippen LogP contribution in [0.25, 0.3) is 11.3 Å². The molecule has 0 unspecified atom stereocenters. The van der Waals surface area contributed by atoms with Gasteiger partial charge in [-0.15, -0.1) is 0 Å². The molecule has 1 aromatic heterocycles. The van der Waals surface area contributed by atoms with Gasteiger partial charge in [0.2, 0.25) is 0 Å². The van der Waals surface area contributed by atoms with Crippen LogP contribution in [0.1, 0.15) is 16.9 Å². The van der Waals surface area contributed by atoms with Crippen LogP contribution < -0.4 is 5.32 Å². The number of hydrogen-bond acceptors (Lipinski definition) is 2. The molecule has 0 radical (unpaired) electrons. The van der Waals surface area contributed by atoms with Gasteiger partial charge in [0.1, 0.15) is 11.5 Å². The van der Waals surface area contributed by atoms with Gasteiger partial charge in [-0.2, -0.15) is 0 Å². The molecule has 1 N–H and O–H groups in total. The number of hydrogen-bond donors (Lipinski definition) is 1. The van der Waals surface area contributed by atoms with E-state index in [1.54, 1.807) is 0 Å². The van der Waals surface area contributed by atoms with Crippen molar-refractivity contribution in [2.75, 3.05) is 0 Å². The zero-order valence-electron chi connectivity index (χ0n) is 12.5. The summed E-state index contributed by atoms with van der Waals surface area (Å²) in [4.78, 5) is 0. The molecule has 0 aliphatic rings. The zero-order chi connectivity index (χ0) is 15.4. The van der Waals surface area contributed by atoms with Crippen molar-refractivity contribution in [3.63, 3.8) is 0 Å². The van der Waals surface area contributed by atoms with Gasteiger partial charge in [-0.1, -0.05) is 48.0 Å². The van der Waals surface area contributed by atoms with E-state index in [0.29, 0.717) is 6.54 Å². The largest absolute Gasteiger partial charge is 0.460 e. The van der Waals surface area contributed by atoms with Gasteiger partial charge in [-0.3, -0.25) is 0 Å². The molecule has 2 aromatic carbocycles. The maximum absolute atomic E-state index is 6.07. The van der Waals surface area contributed by atoms with Crippen LogP contribution >= 0.6 is 11.6 Å². The highest BCUT2D eigenvalue weighted by molar-refractivity contribution is 6.30. The second-order valence-electron chi connectivity index (χ2n) is 5.31. The van der Waals surface area contributed by atoms with Crippen molar-refractivity contribution in [2.45, 2.75) is 20.0 Å². The molecule has 0 saturated carbocycles. The molecule has 0 atom stereocenters. The van der Waals surface area contributed by atoms with Crippen molar-refractivity contribution in [3.8, 4) is 11.3 Å². The molecule has 3 heteroatoms. The lowest BCUT2D eigenvalue weighted by atomic mass is 10.1. The molecule has 112 valence electrons. The van der Waals surface area contributed by atoms with E-state index in [-0.39, 0.29) is 0 Å². The molecule has 0 aliphatic heterocycles. The standard InChI is InChI=1S/C19H18ClNO/c1-14-7-8-16(20)11-18(14)19-10-9-17(22-19)13-21-12-15-5-3-2-4-6-15/h2-11,21H,12-13H2,1H3. The smallest absolute Gasteiger partial charge is 0.134 e. The van der Waals surface area contributed by atoms with Crippen LogP contribution in [0.2, 0.25) is 5.02 Å². The summed E-state index contributed by atoms with van der Waals surface area (Å²) in [6, 6.07) is 20.2. The van der Waals surface area contributed by atoms with Gasteiger partial charge in [-0.05, 0) is 42.3 Å². The highest BCUT2D eigenvalue weighted by Gasteiger charge is 2.08. The second-order valence-corrected chi connectivity index (χ2v) is 5.75. The Labute approximate surface area is 135 Å². The summed E-state index contributed by atoms with van der Waals surface area (Å²) in [6.45, 7) is 3.59. The van der Waals surface area contributed by atoms with Gasteiger partial charge in [0, 0.05) is 17.1 Å². The summed E-state index contributed by atoms with van der Waals surface area (Å²) in [5, 5.41) is 4.11. The number of furan rings is 1. The number of halogens is 1. The van der Waals surface area contributed by atoms with Gasteiger partial charge in [-0.25, -0.2) is 0 Å². The quantitative estimate of drug-likeness (QED) is 0.700. The van der Waals surface area contributed by atoms with Crippen LogP contribution in [-0.2, 0) is 13.1 Å². The molecule has 0 saturated heterocycles. The van der Waals surface area contributed by atoms with Gasteiger partial charge in [0.15, 0.2) is 0 Å². The minimum Gasteiger partial charge on any atom is -0.460 e. The van der Waals surface area contributed by atoms with Crippen LogP contribution in [0, 0.1) is 6.92 Å². The molecule has 0 spiro atoms. The Morgan fingerprint density at radius 2 is 1.77 bits per heavy atom. The topological polar surface area (TPSA) is 25.2 Å². The normalized spacial score (nSPS) is 10.8. The molecule has 3 aromatic rings. The Kier molecular flexibility index (Phi) is 4.62. The highest BCUT2D eigenvalue weighted by atomic mass is 35.5. The molecule has 2 nitrogen and oxygen atoms in total. The van der Waals surface area contributed by atoms with E-state index in [4.69, 9.17) is 16.0 Å². The van der Waals surface area contributed by atoms with Gasteiger partial charge in [0.25, 0.3) is 0 Å². The SMILES string of the molecule is Cc1ccc(Cl)cc1-c1ccc(CNCc2ccccc2)o1. The molecule has 0 aliphatic carbocycles. The van der Waals surface area contributed by atoms with Crippen molar-refractivity contribution in [3.05, 3.63) is 82.6 Å². The summed E-state index contributed by atoms with van der Waals surface area (Å²) >= 11 is 6.07. The predicted octanol–water partition coefficient (Wildman–Crippen LogP) is 5.20. The first-order chi connectivity index (χ1) is 10.7. The van der Waals surface area contributed by atoms with Crippen LogP contribution in [0.4, 0.5) is 0 Å². The van der Waals surface area contributed by atoms with E-state index >= 15 is 0 Å². The molecule has 22 heavy (non-hydrogen) atoms. The third-order valence-electron chi connectivity index (χ3n) is 3.60. The fourth-order valence-electron chi connectivity index (χ4n) is 2.40. The zero-order valence-corrected chi connectivity index (χ0v) is 13.2. The van der Waals surface area contributed by atoms with Crippen LogP contribution in [-0.4, -0.2) is 0 Å². The van der Waals surface area contributed by atoms with Crippen LogP contribution in [0.5, 0.6) is 0 Å². The lowest BCUT2D eigenvalue weighted by Gasteiger charge is -2.04.